The predicted octanol–water partition coefficient (Wildman–Crippen LogP) is 1.86. The number of likely N-dealkylation sites (N-methyl/N-ethyl adjacent to an activating group) is 1. The third kappa shape index (κ3) is 4.88. The van der Waals surface area contributed by atoms with Crippen molar-refractivity contribution >= 4 is 27.2 Å². The van der Waals surface area contributed by atoms with Crippen LogP contribution in [0.2, 0.25) is 0 Å². The lowest BCUT2D eigenvalue weighted by Crippen LogP contribution is -2.30. The van der Waals surface area contributed by atoms with E-state index in [9.17, 15) is 18.0 Å². The van der Waals surface area contributed by atoms with Gasteiger partial charge in [-0.25, -0.2) is 8.42 Å². The lowest BCUT2D eigenvalue weighted by Gasteiger charge is -2.18. The van der Waals surface area contributed by atoms with Crippen LogP contribution in [0.4, 0.5) is 5.69 Å². The number of carbonyl (C=O) groups is 2. The van der Waals surface area contributed by atoms with Crippen molar-refractivity contribution in [2.45, 2.75) is 39.8 Å². The van der Waals surface area contributed by atoms with Crippen LogP contribution in [0, 0.1) is 13.8 Å². The number of rotatable bonds is 7. The minimum absolute atomic E-state index is 0.0754. The maximum atomic E-state index is 12.7. The first-order valence-electron chi connectivity index (χ1n) is 10.7. The highest BCUT2D eigenvalue weighted by Gasteiger charge is 2.31. The smallest absolute Gasteiger partial charge is 0.238 e. The zero-order chi connectivity index (χ0) is 23.9. The number of aryl methyl sites for hydroxylation is 1. The zero-order valence-corrected chi connectivity index (χ0v) is 20.0. The molecular weight excluding hydrogens is 448 g/mol. The van der Waals surface area contributed by atoms with Crippen molar-refractivity contribution in [3.8, 4) is 11.5 Å². The number of aromatic nitrogens is 2. The second kappa shape index (κ2) is 8.79. The molecule has 11 heteroatoms. The molecule has 0 unspecified atom stereocenters. The average molecular weight is 477 g/mol. The number of sulfone groups is 1. The zero-order valence-electron chi connectivity index (χ0n) is 19.2. The minimum Gasteiger partial charge on any atom is -0.454 e. The Labute approximate surface area is 192 Å². The van der Waals surface area contributed by atoms with Gasteiger partial charge in [0.2, 0.25) is 12.7 Å². The molecule has 2 aliphatic heterocycles. The molecule has 1 amide bonds. The number of nitrogens with one attached hydrogen (secondary N) is 1. The Morgan fingerprint density at radius 3 is 2.58 bits per heavy atom. The monoisotopic (exact) mass is 476 g/mol. The lowest BCUT2D eigenvalue weighted by molar-refractivity contribution is -0.117. The fourth-order valence-electron chi connectivity index (χ4n) is 4.35. The summed E-state index contributed by atoms with van der Waals surface area (Å²) in [6, 6.07) is 3.03. The van der Waals surface area contributed by atoms with Crippen LogP contribution in [0.5, 0.6) is 11.5 Å². The van der Waals surface area contributed by atoms with Gasteiger partial charge in [0.15, 0.2) is 27.1 Å². The number of ketones is 1. The molecule has 1 fully saturated rings. The molecule has 1 N–H and O–H groups in total. The quantitative estimate of drug-likeness (QED) is 0.602. The second-order valence-electron chi connectivity index (χ2n) is 8.68. The maximum absolute atomic E-state index is 12.7. The number of fused-ring (bicyclic) bond motifs is 1. The van der Waals surface area contributed by atoms with Crippen LogP contribution in [0.15, 0.2) is 12.1 Å². The first kappa shape index (κ1) is 23.2. The second-order valence-corrected chi connectivity index (χ2v) is 10.9. The van der Waals surface area contributed by atoms with Gasteiger partial charge >= 0.3 is 0 Å². The van der Waals surface area contributed by atoms with Crippen LogP contribution < -0.4 is 14.8 Å². The summed E-state index contributed by atoms with van der Waals surface area (Å²) in [7, 11) is -1.19. The standard InChI is InChI=1S/C22H28N4O6S/c1-13-18(14(2)26(24-13)16-5-6-33(29,30)11-16)9-25(4)10-22(28)23-19-8-21-20(31-12-32-21)7-17(19)15(3)27/h7-8,16H,5-6,9-12H2,1-4H3,(H,23,28)/t16-/m1/s1. The van der Waals surface area contributed by atoms with Crippen molar-refractivity contribution in [1.82, 2.24) is 14.7 Å². The van der Waals surface area contributed by atoms with Crippen LogP contribution in [0.25, 0.3) is 0 Å². The van der Waals surface area contributed by atoms with Gasteiger partial charge in [0.1, 0.15) is 0 Å². The summed E-state index contributed by atoms with van der Waals surface area (Å²) in [6.45, 7) is 5.89. The minimum atomic E-state index is -3.01. The molecule has 10 nitrogen and oxygen atoms in total. The van der Waals surface area contributed by atoms with E-state index in [1.54, 1.807) is 12.1 Å². The van der Waals surface area contributed by atoms with E-state index in [1.165, 1.54) is 6.92 Å². The maximum Gasteiger partial charge on any atom is 0.238 e. The highest BCUT2D eigenvalue weighted by molar-refractivity contribution is 7.91. The normalized spacial score (nSPS) is 18.6. The molecule has 1 saturated heterocycles. The number of nitrogens with zero attached hydrogens (tertiary/aromatic N) is 3. The number of ether oxygens (including phenoxy) is 2. The summed E-state index contributed by atoms with van der Waals surface area (Å²) in [4.78, 5) is 26.6. The van der Waals surface area contributed by atoms with Gasteiger partial charge in [0.05, 0.1) is 35.5 Å². The first-order valence-corrected chi connectivity index (χ1v) is 12.5. The van der Waals surface area contributed by atoms with Crippen LogP contribution in [0.3, 0.4) is 0 Å². The Morgan fingerprint density at radius 2 is 1.94 bits per heavy atom. The van der Waals surface area contributed by atoms with Crippen molar-refractivity contribution in [2.24, 2.45) is 0 Å². The molecule has 0 aliphatic carbocycles. The predicted molar refractivity (Wildman–Crippen MR) is 122 cm³/mol. The molecule has 3 heterocycles. The number of anilines is 1. The van der Waals surface area contributed by atoms with Crippen molar-refractivity contribution in [3.05, 3.63) is 34.6 Å². The fraction of sp³-hybridized carbons (Fsp3) is 0.500. The number of hydrogen-bond acceptors (Lipinski definition) is 8. The van der Waals surface area contributed by atoms with Gasteiger partial charge in [0.25, 0.3) is 0 Å². The van der Waals surface area contributed by atoms with E-state index in [0.29, 0.717) is 35.7 Å². The van der Waals surface area contributed by atoms with Gasteiger partial charge in [-0.1, -0.05) is 0 Å². The molecule has 33 heavy (non-hydrogen) atoms. The summed E-state index contributed by atoms with van der Waals surface area (Å²) in [5.41, 5.74) is 3.44. The largest absolute Gasteiger partial charge is 0.454 e. The van der Waals surface area contributed by atoms with E-state index in [0.717, 1.165) is 17.0 Å². The van der Waals surface area contributed by atoms with E-state index in [2.05, 4.69) is 10.4 Å². The van der Waals surface area contributed by atoms with Crippen molar-refractivity contribution in [1.29, 1.82) is 0 Å². The number of amides is 1. The summed E-state index contributed by atoms with van der Waals surface area (Å²) < 4.78 is 36.2. The van der Waals surface area contributed by atoms with Crippen LogP contribution in [-0.2, 0) is 21.2 Å². The van der Waals surface area contributed by atoms with Gasteiger partial charge in [0, 0.05) is 29.4 Å². The van der Waals surface area contributed by atoms with Crippen molar-refractivity contribution < 1.29 is 27.5 Å². The molecule has 1 atom stereocenters. The van der Waals surface area contributed by atoms with Crippen LogP contribution in [-0.4, -0.2) is 66.7 Å². The molecular formula is C22H28N4O6S. The van der Waals surface area contributed by atoms with Crippen LogP contribution in [0.1, 0.15) is 46.7 Å². The molecule has 0 radical (unpaired) electrons. The van der Waals surface area contributed by atoms with Crippen molar-refractivity contribution in [3.63, 3.8) is 0 Å². The van der Waals surface area contributed by atoms with Gasteiger partial charge in [-0.3, -0.25) is 19.2 Å². The number of hydrogen-bond donors (Lipinski definition) is 1. The summed E-state index contributed by atoms with van der Waals surface area (Å²) in [5, 5.41) is 7.39. The summed E-state index contributed by atoms with van der Waals surface area (Å²) in [5.74, 6) is 0.798. The Bertz CT molecular complexity index is 1220. The van der Waals surface area contributed by atoms with E-state index in [1.807, 2.05) is 30.5 Å². The van der Waals surface area contributed by atoms with E-state index >= 15 is 0 Å². The van der Waals surface area contributed by atoms with Crippen molar-refractivity contribution in [2.75, 3.05) is 37.2 Å². The van der Waals surface area contributed by atoms with Crippen LogP contribution >= 0.6 is 0 Å². The molecule has 2 aromatic rings. The average Bonchev–Trinajstić information content (AvgIpc) is 3.40. The molecule has 1 aromatic carbocycles. The lowest BCUT2D eigenvalue weighted by atomic mass is 10.1. The van der Waals surface area contributed by atoms with Gasteiger partial charge in [-0.2, -0.15) is 5.10 Å². The topological polar surface area (TPSA) is 120 Å². The van der Waals surface area contributed by atoms with E-state index in [4.69, 9.17) is 9.47 Å². The Kier molecular flexibility index (Phi) is 6.19. The summed E-state index contributed by atoms with van der Waals surface area (Å²) in [6.07, 6.45) is 0.565. The van der Waals surface area contributed by atoms with E-state index < -0.39 is 9.84 Å². The Hall–Kier alpha value is -2.92. The third-order valence-electron chi connectivity index (χ3n) is 6.04. The molecule has 0 bridgehead atoms. The highest BCUT2D eigenvalue weighted by Crippen LogP contribution is 2.37. The molecule has 1 aromatic heterocycles. The Morgan fingerprint density at radius 1 is 1.24 bits per heavy atom. The first-order chi connectivity index (χ1) is 15.5. The fourth-order valence-corrected chi connectivity index (χ4v) is 6.04. The molecule has 2 aliphatic rings. The Balaban J connectivity index is 1.43. The number of benzene rings is 1. The van der Waals surface area contributed by atoms with E-state index in [-0.39, 0.29) is 42.6 Å². The summed E-state index contributed by atoms with van der Waals surface area (Å²) >= 11 is 0. The van der Waals surface area contributed by atoms with Gasteiger partial charge < -0.3 is 14.8 Å². The van der Waals surface area contributed by atoms with Gasteiger partial charge in [-0.05, 0) is 40.3 Å². The van der Waals surface area contributed by atoms with Gasteiger partial charge in [-0.15, -0.1) is 0 Å². The third-order valence-corrected chi connectivity index (χ3v) is 7.79. The number of Topliss-reactive ketones (excluding diaryl/α,β-unsaturated/α-hetero) is 1. The SMILES string of the molecule is CC(=O)c1cc2c(cc1NC(=O)CN(C)Cc1c(C)nn([C@@H]3CCS(=O)(=O)C3)c1C)OCO2. The molecule has 4 rings (SSSR count). The highest BCUT2D eigenvalue weighted by atomic mass is 32.2. The number of carbonyl (C=O) groups excluding carboxylic acids is 2. The molecule has 178 valence electrons. The molecule has 0 spiro atoms. The molecule has 0 saturated carbocycles.